The molecule has 1 N–H and O–H groups in total. The molecule has 0 amide bonds. The van der Waals surface area contributed by atoms with Crippen LogP contribution in [0.5, 0.6) is 0 Å². The monoisotopic (exact) mass is 192 g/mol. The number of rotatable bonds is 2. The zero-order chi connectivity index (χ0) is 10.8. The summed E-state index contributed by atoms with van der Waals surface area (Å²) in [5.74, 6) is 2.05. The zero-order valence-corrected chi connectivity index (χ0v) is 8.34. The van der Waals surface area contributed by atoms with E-state index in [2.05, 4.69) is 5.92 Å². The van der Waals surface area contributed by atoms with E-state index in [4.69, 9.17) is 6.42 Å². The summed E-state index contributed by atoms with van der Waals surface area (Å²) in [7, 11) is 0. The normalized spacial score (nSPS) is 14.5. The van der Waals surface area contributed by atoms with E-state index in [0.717, 1.165) is 0 Å². The fraction of sp³-hybridized carbons (Fsp3) is 0.333. The van der Waals surface area contributed by atoms with Crippen molar-refractivity contribution in [1.29, 1.82) is 0 Å². The van der Waals surface area contributed by atoms with Crippen molar-refractivity contribution in [3.8, 4) is 12.3 Å². The van der Waals surface area contributed by atoms with E-state index in [1.807, 2.05) is 0 Å². The van der Waals surface area contributed by atoms with Gasteiger partial charge in [0.15, 0.2) is 0 Å². The summed E-state index contributed by atoms with van der Waals surface area (Å²) in [6, 6.07) is 4.65. The van der Waals surface area contributed by atoms with E-state index in [9.17, 15) is 9.50 Å². The Morgan fingerprint density at radius 2 is 2.21 bits per heavy atom. The van der Waals surface area contributed by atoms with Gasteiger partial charge in [0, 0.05) is 6.42 Å². The molecular weight excluding hydrogens is 179 g/mol. The van der Waals surface area contributed by atoms with Crippen molar-refractivity contribution in [3.05, 3.63) is 35.1 Å². The SMILES string of the molecule is C#CCC(C)(O)c1ccc(C)c(F)c1. The maximum absolute atomic E-state index is 13.2. The molecule has 0 saturated heterocycles. The molecule has 2 heteroatoms. The molecule has 0 aliphatic heterocycles. The third-order valence-corrected chi connectivity index (χ3v) is 2.24. The predicted octanol–water partition coefficient (Wildman–Crippen LogP) is 2.36. The van der Waals surface area contributed by atoms with Gasteiger partial charge in [-0.1, -0.05) is 12.1 Å². The summed E-state index contributed by atoms with van der Waals surface area (Å²) in [5, 5.41) is 9.89. The zero-order valence-electron chi connectivity index (χ0n) is 8.34. The molecule has 0 fully saturated rings. The minimum Gasteiger partial charge on any atom is -0.384 e. The van der Waals surface area contributed by atoms with Crippen LogP contribution >= 0.6 is 0 Å². The highest BCUT2D eigenvalue weighted by Crippen LogP contribution is 2.25. The molecule has 0 aliphatic carbocycles. The van der Waals surface area contributed by atoms with Crippen LogP contribution in [0.4, 0.5) is 4.39 Å². The molecule has 1 nitrogen and oxygen atoms in total. The lowest BCUT2D eigenvalue weighted by atomic mass is 9.92. The second-order valence-corrected chi connectivity index (χ2v) is 3.62. The molecule has 1 atom stereocenters. The van der Waals surface area contributed by atoms with E-state index in [1.165, 1.54) is 6.07 Å². The van der Waals surface area contributed by atoms with Crippen LogP contribution in [0.2, 0.25) is 0 Å². The minimum absolute atomic E-state index is 0.176. The highest BCUT2D eigenvalue weighted by atomic mass is 19.1. The molecule has 14 heavy (non-hydrogen) atoms. The Bertz CT molecular complexity index is 374. The van der Waals surface area contributed by atoms with Crippen LogP contribution in [0.3, 0.4) is 0 Å². The number of halogens is 1. The van der Waals surface area contributed by atoms with Gasteiger partial charge in [0.05, 0.1) is 5.60 Å². The number of aliphatic hydroxyl groups is 1. The fourth-order valence-corrected chi connectivity index (χ4v) is 1.23. The first-order valence-corrected chi connectivity index (χ1v) is 4.40. The van der Waals surface area contributed by atoms with Crippen molar-refractivity contribution in [2.24, 2.45) is 0 Å². The van der Waals surface area contributed by atoms with Gasteiger partial charge in [0.25, 0.3) is 0 Å². The molecule has 0 aliphatic rings. The average molecular weight is 192 g/mol. The highest BCUT2D eigenvalue weighted by molar-refractivity contribution is 5.28. The Kier molecular flexibility index (Phi) is 2.93. The summed E-state index contributed by atoms with van der Waals surface area (Å²) in [6.45, 7) is 3.26. The van der Waals surface area contributed by atoms with E-state index >= 15 is 0 Å². The van der Waals surface area contributed by atoms with Crippen molar-refractivity contribution < 1.29 is 9.50 Å². The third kappa shape index (κ3) is 2.12. The predicted molar refractivity (Wildman–Crippen MR) is 54.2 cm³/mol. The Balaban J connectivity index is 3.09. The van der Waals surface area contributed by atoms with E-state index in [0.29, 0.717) is 11.1 Å². The molecule has 1 aromatic rings. The van der Waals surface area contributed by atoms with Gasteiger partial charge in [-0.2, -0.15) is 0 Å². The van der Waals surface area contributed by atoms with Gasteiger partial charge in [0.1, 0.15) is 5.82 Å². The Hall–Kier alpha value is -1.33. The van der Waals surface area contributed by atoms with Crippen molar-refractivity contribution >= 4 is 0 Å². The van der Waals surface area contributed by atoms with Gasteiger partial charge in [-0.3, -0.25) is 0 Å². The minimum atomic E-state index is -1.15. The lowest BCUT2D eigenvalue weighted by Crippen LogP contribution is -2.20. The second kappa shape index (κ2) is 3.81. The summed E-state index contributed by atoms with van der Waals surface area (Å²) >= 11 is 0. The van der Waals surface area contributed by atoms with Crippen molar-refractivity contribution in [1.82, 2.24) is 0 Å². The van der Waals surface area contributed by atoms with Crippen LogP contribution in [0.15, 0.2) is 18.2 Å². The second-order valence-electron chi connectivity index (χ2n) is 3.62. The average Bonchev–Trinajstić information content (AvgIpc) is 2.09. The molecule has 0 spiro atoms. The van der Waals surface area contributed by atoms with Crippen molar-refractivity contribution in [3.63, 3.8) is 0 Å². The first-order chi connectivity index (χ1) is 6.47. The van der Waals surface area contributed by atoms with E-state index in [1.54, 1.807) is 26.0 Å². The topological polar surface area (TPSA) is 20.2 Å². The van der Waals surface area contributed by atoms with Gasteiger partial charge in [-0.15, -0.1) is 12.3 Å². The van der Waals surface area contributed by atoms with Crippen LogP contribution < -0.4 is 0 Å². The first kappa shape index (κ1) is 10.7. The Morgan fingerprint density at radius 1 is 1.57 bits per heavy atom. The molecule has 0 heterocycles. The maximum Gasteiger partial charge on any atom is 0.126 e. The largest absolute Gasteiger partial charge is 0.384 e. The fourth-order valence-electron chi connectivity index (χ4n) is 1.23. The van der Waals surface area contributed by atoms with E-state index in [-0.39, 0.29) is 12.2 Å². The van der Waals surface area contributed by atoms with Crippen LogP contribution in [0.25, 0.3) is 0 Å². The van der Waals surface area contributed by atoms with Gasteiger partial charge in [-0.25, -0.2) is 4.39 Å². The quantitative estimate of drug-likeness (QED) is 0.713. The number of terminal acetylenes is 1. The Morgan fingerprint density at radius 3 is 2.71 bits per heavy atom. The lowest BCUT2D eigenvalue weighted by molar-refractivity contribution is 0.0626. The standard InChI is InChI=1S/C12H13FO/c1-4-7-12(3,14)10-6-5-9(2)11(13)8-10/h1,5-6,8,14H,7H2,2-3H3. The van der Waals surface area contributed by atoms with Crippen molar-refractivity contribution in [2.45, 2.75) is 25.9 Å². The molecule has 0 aromatic heterocycles. The van der Waals surface area contributed by atoms with Crippen LogP contribution in [0, 0.1) is 25.1 Å². The smallest absolute Gasteiger partial charge is 0.126 e. The summed E-state index contributed by atoms with van der Waals surface area (Å²) in [6.07, 6.45) is 5.29. The number of aryl methyl sites for hydroxylation is 1. The molecular formula is C12H13FO. The molecule has 0 saturated carbocycles. The molecule has 0 bridgehead atoms. The number of benzene rings is 1. The number of hydrogen-bond acceptors (Lipinski definition) is 1. The first-order valence-electron chi connectivity index (χ1n) is 4.40. The molecule has 0 radical (unpaired) electrons. The van der Waals surface area contributed by atoms with Gasteiger partial charge in [0.2, 0.25) is 0 Å². The van der Waals surface area contributed by atoms with Crippen molar-refractivity contribution in [2.75, 3.05) is 0 Å². The molecule has 1 rings (SSSR count). The van der Waals surface area contributed by atoms with Gasteiger partial charge < -0.3 is 5.11 Å². The third-order valence-electron chi connectivity index (χ3n) is 2.24. The summed E-state index contributed by atoms with van der Waals surface area (Å²) in [5.41, 5.74) is -0.0765. The lowest BCUT2D eigenvalue weighted by Gasteiger charge is -2.21. The van der Waals surface area contributed by atoms with E-state index < -0.39 is 5.60 Å². The highest BCUT2D eigenvalue weighted by Gasteiger charge is 2.22. The molecule has 1 unspecified atom stereocenters. The van der Waals surface area contributed by atoms with Crippen LogP contribution in [-0.4, -0.2) is 5.11 Å². The maximum atomic E-state index is 13.2. The molecule has 1 aromatic carbocycles. The van der Waals surface area contributed by atoms with Gasteiger partial charge in [-0.05, 0) is 31.0 Å². The summed E-state index contributed by atoms with van der Waals surface area (Å²) < 4.78 is 13.2. The number of hydrogen-bond donors (Lipinski definition) is 1. The molecule has 74 valence electrons. The van der Waals surface area contributed by atoms with Crippen LogP contribution in [0.1, 0.15) is 24.5 Å². The van der Waals surface area contributed by atoms with Gasteiger partial charge >= 0.3 is 0 Å². The van der Waals surface area contributed by atoms with Crippen LogP contribution in [-0.2, 0) is 5.60 Å². The Labute approximate surface area is 83.6 Å². The summed E-state index contributed by atoms with van der Waals surface area (Å²) in [4.78, 5) is 0.